The van der Waals surface area contributed by atoms with Gasteiger partial charge in [-0.1, -0.05) is 12.8 Å². The fourth-order valence-corrected chi connectivity index (χ4v) is 2.58. The number of hydrogen-bond acceptors (Lipinski definition) is 4. The number of nitrogens with zero attached hydrogens (tertiary/aromatic N) is 1. The molecule has 2 rings (SSSR count). The van der Waals surface area contributed by atoms with E-state index in [1.807, 2.05) is 6.92 Å². The lowest BCUT2D eigenvalue weighted by Gasteiger charge is -2.26. The van der Waals surface area contributed by atoms with Crippen LogP contribution in [-0.4, -0.2) is 21.5 Å². The van der Waals surface area contributed by atoms with Crippen LogP contribution in [0.15, 0.2) is 12.1 Å². The van der Waals surface area contributed by atoms with Gasteiger partial charge in [-0.15, -0.1) is 0 Å². The van der Waals surface area contributed by atoms with E-state index in [9.17, 15) is 19.3 Å². The van der Waals surface area contributed by atoms with Crippen molar-refractivity contribution in [3.63, 3.8) is 0 Å². The number of nitrogens with one attached hydrogen (secondary N) is 1. The van der Waals surface area contributed by atoms with Gasteiger partial charge in [-0.2, -0.15) is 0 Å². The SMILES string of the molecule is CC1(Nc2cc(F)c(C(=O)O)cc2[N+](=O)[O-])CCCC1. The first kappa shape index (κ1) is 14.2. The molecule has 0 atom stereocenters. The molecule has 108 valence electrons. The van der Waals surface area contributed by atoms with Gasteiger partial charge >= 0.3 is 5.97 Å². The Hall–Kier alpha value is -2.18. The maximum Gasteiger partial charge on any atom is 0.338 e. The van der Waals surface area contributed by atoms with Crippen molar-refractivity contribution in [1.82, 2.24) is 0 Å². The lowest BCUT2D eigenvalue weighted by molar-refractivity contribution is -0.384. The molecule has 0 spiro atoms. The fourth-order valence-electron chi connectivity index (χ4n) is 2.58. The number of carbonyl (C=O) groups is 1. The Morgan fingerprint density at radius 1 is 1.45 bits per heavy atom. The van der Waals surface area contributed by atoms with E-state index >= 15 is 0 Å². The van der Waals surface area contributed by atoms with Crippen LogP contribution in [0.2, 0.25) is 0 Å². The highest BCUT2D eigenvalue weighted by Crippen LogP contribution is 2.36. The number of anilines is 1. The lowest BCUT2D eigenvalue weighted by atomic mass is 9.99. The van der Waals surface area contributed by atoms with E-state index in [1.54, 1.807) is 0 Å². The van der Waals surface area contributed by atoms with Crippen LogP contribution in [0.3, 0.4) is 0 Å². The Bertz CT molecular complexity index is 568. The van der Waals surface area contributed by atoms with E-state index in [1.165, 1.54) is 0 Å². The average Bonchev–Trinajstić information content (AvgIpc) is 2.74. The van der Waals surface area contributed by atoms with Gasteiger partial charge in [0.25, 0.3) is 5.69 Å². The summed E-state index contributed by atoms with van der Waals surface area (Å²) >= 11 is 0. The van der Waals surface area contributed by atoms with Crippen molar-refractivity contribution in [3.05, 3.63) is 33.6 Å². The van der Waals surface area contributed by atoms with Crippen LogP contribution in [-0.2, 0) is 0 Å². The van der Waals surface area contributed by atoms with Crippen LogP contribution >= 0.6 is 0 Å². The molecule has 1 aromatic carbocycles. The topological polar surface area (TPSA) is 92.5 Å². The second-order valence-corrected chi connectivity index (χ2v) is 5.30. The zero-order chi connectivity index (χ0) is 14.9. The lowest BCUT2D eigenvalue weighted by Crippen LogP contribution is -2.31. The molecule has 0 aromatic heterocycles. The summed E-state index contributed by atoms with van der Waals surface area (Å²) in [5, 5.41) is 22.9. The summed E-state index contributed by atoms with van der Waals surface area (Å²) in [5.74, 6) is -2.50. The fraction of sp³-hybridized carbons (Fsp3) is 0.462. The predicted octanol–water partition coefficient (Wildman–Crippen LogP) is 3.18. The van der Waals surface area contributed by atoms with Crippen molar-refractivity contribution < 1.29 is 19.2 Å². The van der Waals surface area contributed by atoms with E-state index in [4.69, 9.17) is 5.11 Å². The zero-order valence-corrected chi connectivity index (χ0v) is 11.0. The summed E-state index contributed by atoms with van der Waals surface area (Å²) in [6, 6.07) is 1.66. The Morgan fingerprint density at radius 3 is 2.55 bits per heavy atom. The molecule has 0 aliphatic heterocycles. The molecule has 1 saturated carbocycles. The minimum Gasteiger partial charge on any atom is -0.478 e. The normalized spacial score (nSPS) is 16.9. The molecule has 0 radical (unpaired) electrons. The van der Waals surface area contributed by atoms with Gasteiger partial charge < -0.3 is 10.4 Å². The van der Waals surface area contributed by atoms with Crippen molar-refractivity contribution >= 4 is 17.3 Å². The molecule has 1 aromatic rings. The summed E-state index contributed by atoms with van der Waals surface area (Å²) in [4.78, 5) is 21.2. The van der Waals surface area contributed by atoms with Crippen LogP contribution < -0.4 is 5.32 Å². The third kappa shape index (κ3) is 2.71. The molecular formula is C13H15FN2O4. The molecule has 1 aliphatic rings. The van der Waals surface area contributed by atoms with E-state index in [0.717, 1.165) is 37.8 Å². The van der Waals surface area contributed by atoms with E-state index < -0.39 is 28.0 Å². The number of nitro groups is 1. The van der Waals surface area contributed by atoms with Crippen LogP contribution in [0, 0.1) is 15.9 Å². The summed E-state index contributed by atoms with van der Waals surface area (Å²) in [6.45, 7) is 1.92. The average molecular weight is 282 g/mol. The number of rotatable bonds is 4. The van der Waals surface area contributed by atoms with Gasteiger partial charge in [0, 0.05) is 17.7 Å². The number of nitro benzene ring substituents is 1. The molecule has 1 fully saturated rings. The van der Waals surface area contributed by atoms with E-state index in [0.29, 0.717) is 0 Å². The van der Waals surface area contributed by atoms with Gasteiger partial charge in [-0.3, -0.25) is 10.1 Å². The van der Waals surface area contributed by atoms with Gasteiger partial charge in [-0.25, -0.2) is 9.18 Å². The highest BCUT2D eigenvalue weighted by atomic mass is 19.1. The number of benzene rings is 1. The minimum absolute atomic E-state index is 0.0295. The molecule has 0 unspecified atom stereocenters. The molecule has 0 saturated heterocycles. The summed E-state index contributed by atoms with van der Waals surface area (Å²) < 4.78 is 13.7. The number of carboxylic acid groups (broad SMARTS) is 1. The monoisotopic (exact) mass is 282 g/mol. The standard InChI is InChI=1S/C13H15FN2O4/c1-13(4-2-3-5-13)15-10-7-9(14)8(12(17)18)6-11(10)16(19)20/h6-7,15H,2-5H2,1H3,(H,17,18). The number of halogens is 1. The second-order valence-electron chi connectivity index (χ2n) is 5.30. The van der Waals surface area contributed by atoms with E-state index in [2.05, 4.69) is 5.32 Å². The number of hydrogen-bond donors (Lipinski definition) is 2. The van der Waals surface area contributed by atoms with Crippen LogP contribution in [0.5, 0.6) is 0 Å². The Labute approximate surface area is 114 Å². The quantitative estimate of drug-likeness (QED) is 0.653. The molecular weight excluding hydrogens is 267 g/mol. The zero-order valence-electron chi connectivity index (χ0n) is 11.0. The molecule has 6 nitrogen and oxygen atoms in total. The van der Waals surface area contributed by atoms with Crippen LogP contribution in [0.25, 0.3) is 0 Å². The largest absolute Gasteiger partial charge is 0.478 e. The van der Waals surface area contributed by atoms with Gasteiger partial charge in [0.05, 0.1) is 4.92 Å². The number of aromatic carboxylic acids is 1. The van der Waals surface area contributed by atoms with Crippen molar-refractivity contribution in [1.29, 1.82) is 0 Å². The Morgan fingerprint density at radius 2 is 2.05 bits per heavy atom. The molecule has 0 bridgehead atoms. The second kappa shape index (κ2) is 5.07. The van der Waals surface area contributed by atoms with Gasteiger partial charge in [0.15, 0.2) is 0 Å². The van der Waals surface area contributed by atoms with Crippen molar-refractivity contribution in [2.24, 2.45) is 0 Å². The first-order valence-electron chi connectivity index (χ1n) is 6.32. The highest BCUT2D eigenvalue weighted by Gasteiger charge is 2.31. The first-order chi connectivity index (χ1) is 9.32. The van der Waals surface area contributed by atoms with Gasteiger partial charge in [-0.05, 0) is 19.8 Å². The summed E-state index contributed by atoms with van der Waals surface area (Å²) in [6.07, 6.45) is 3.69. The molecule has 0 amide bonds. The molecule has 1 aliphatic carbocycles. The third-order valence-electron chi connectivity index (χ3n) is 3.66. The van der Waals surface area contributed by atoms with Crippen LogP contribution in [0.4, 0.5) is 15.8 Å². The van der Waals surface area contributed by atoms with Gasteiger partial charge in [0.2, 0.25) is 0 Å². The maximum atomic E-state index is 13.7. The molecule has 0 heterocycles. The van der Waals surface area contributed by atoms with Gasteiger partial charge in [0.1, 0.15) is 17.1 Å². The first-order valence-corrected chi connectivity index (χ1v) is 6.32. The van der Waals surface area contributed by atoms with Crippen molar-refractivity contribution in [3.8, 4) is 0 Å². The number of carboxylic acids is 1. The third-order valence-corrected chi connectivity index (χ3v) is 3.66. The minimum atomic E-state index is -1.52. The molecule has 2 N–H and O–H groups in total. The summed E-state index contributed by atoms with van der Waals surface area (Å²) in [5.41, 5.74) is -1.40. The van der Waals surface area contributed by atoms with Crippen molar-refractivity contribution in [2.75, 3.05) is 5.32 Å². The maximum absolute atomic E-state index is 13.7. The highest BCUT2D eigenvalue weighted by molar-refractivity contribution is 5.90. The Kier molecular flexibility index (Phi) is 3.61. The molecule has 20 heavy (non-hydrogen) atoms. The Balaban J connectivity index is 2.43. The smallest absolute Gasteiger partial charge is 0.338 e. The summed E-state index contributed by atoms with van der Waals surface area (Å²) in [7, 11) is 0. The van der Waals surface area contributed by atoms with Crippen molar-refractivity contribution in [2.45, 2.75) is 38.1 Å². The van der Waals surface area contributed by atoms with E-state index in [-0.39, 0.29) is 11.2 Å². The molecule has 7 heteroatoms. The predicted molar refractivity (Wildman–Crippen MR) is 70.5 cm³/mol. The van der Waals surface area contributed by atoms with Crippen LogP contribution in [0.1, 0.15) is 43.0 Å².